The number of carbonyl (C=O) groups excluding carboxylic acids is 2. The fourth-order valence-electron chi connectivity index (χ4n) is 1.02. The second-order valence-corrected chi connectivity index (χ2v) is 3.81. The first-order valence-electron chi connectivity index (χ1n) is 5.25. The lowest BCUT2D eigenvalue weighted by molar-refractivity contribution is -0.121. The molecule has 5 heteroatoms. The standard InChI is InChI=1S/C10H21N3O2/c1-5-6-11-10(15)13(4)7-9(14)12-8(2)3/h8H,5-7H2,1-4H3,(H,11,15)(H,12,14). The van der Waals surface area contributed by atoms with Gasteiger partial charge in [0.1, 0.15) is 6.54 Å². The molecular weight excluding hydrogens is 194 g/mol. The van der Waals surface area contributed by atoms with Crippen LogP contribution in [0.2, 0.25) is 0 Å². The van der Waals surface area contributed by atoms with Gasteiger partial charge in [-0.05, 0) is 20.3 Å². The minimum absolute atomic E-state index is 0.0910. The molecule has 0 aliphatic carbocycles. The topological polar surface area (TPSA) is 61.4 Å². The Kier molecular flexibility index (Phi) is 6.49. The lowest BCUT2D eigenvalue weighted by Crippen LogP contribution is -2.44. The van der Waals surface area contributed by atoms with E-state index < -0.39 is 0 Å². The summed E-state index contributed by atoms with van der Waals surface area (Å²) >= 11 is 0. The Labute approximate surface area is 91.2 Å². The van der Waals surface area contributed by atoms with Crippen molar-refractivity contribution in [2.24, 2.45) is 0 Å². The summed E-state index contributed by atoms with van der Waals surface area (Å²) in [7, 11) is 1.60. The Hall–Kier alpha value is -1.26. The predicted octanol–water partition coefficient (Wildman–Crippen LogP) is 0.562. The Balaban J connectivity index is 3.85. The van der Waals surface area contributed by atoms with Gasteiger partial charge in [0.2, 0.25) is 5.91 Å². The first-order chi connectivity index (χ1) is 6.97. The SMILES string of the molecule is CCCNC(=O)N(C)CC(=O)NC(C)C. The van der Waals surface area contributed by atoms with Crippen molar-refractivity contribution < 1.29 is 9.59 Å². The quantitative estimate of drug-likeness (QED) is 0.704. The third kappa shape index (κ3) is 6.76. The van der Waals surface area contributed by atoms with E-state index in [1.165, 1.54) is 4.90 Å². The van der Waals surface area contributed by atoms with Crippen molar-refractivity contribution in [3.63, 3.8) is 0 Å². The number of rotatable bonds is 5. The van der Waals surface area contributed by atoms with Crippen molar-refractivity contribution in [2.45, 2.75) is 33.2 Å². The molecule has 2 N–H and O–H groups in total. The third-order valence-electron chi connectivity index (χ3n) is 1.70. The van der Waals surface area contributed by atoms with Crippen molar-refractivity contribution in [2.75, 3.05) is 20.1 Å². The maximum absolute atomic E-state index is 11.4. The van der Waals surface area contributed by atoms with Crippen molar-refractivity contribution in [1.82, 2.24) is 15.5 Å². The molecule has 0 fully saturated rings. The Morgan fingerprint density at radius 2 is 1.93 bits per heavy atom. The molecule has 15 heavy (non-hydrogen) atoms. The van der Waals surface area contributed by atoms with Crippen LogP contribution < -0.4 is 10.6 Å². The molecule has 0 heterocycles. The average Bonchev–Trinajstić information content (AvgIpc) is 2.12. The van der Waals surface area contributed by atoms with Crippen LogP contribution in [0, 0.1) is 0 Å². The zero-order valence-electron chi connectivity index (χ0n) is 9.96. The molecule has 0 rings (SSSR count). The van der Waals surface area contributed by atoms with Crippen molar-refractivity contribution in [3.05, 3.63) is 0 Å². The summed E-state index contributed by atoms with van der Waals surface area (Å²) < 4.78 is 0. The number of likely N-dealkylation sites (N-methyl/N-ethyl adjacent to an activating group) is 1. The smallest absolute Gasteiger partial charge is 0.317 e. The minimum Gasteiger partial charge on any atom is -0.352 e. The molecular formula is C10H21N3O2. The zero-order chi connectivity index (χ0) is 11.8. The summed E-state index contributed by atoms with van der Waals surface area (Å²) in [4.78, 5) is 24.0. The monoisotopic (exact) mass is 215 g/mol. The summed E-state index contributed by atoms with van der Waals surface area (Å²) in [5.41, 5.74) is 0. The molecule has 0 aliphatic heterocycles. The molecule has 5 nitrogen and oxygen atoms in total. The molecule has 88 valence electrons. The van der Waals surface area contributed by atoms with Crippen molar-refractivity contribution in [3.8, 4) is 0 Å². The van der Waals surface area contributed by atoms with Crippen LogP contribution >= 0.6 is 0 Å². The van der Waals surface area contributed by atoms with Crippen LogP contribution in [0.5, 0.6) is 0 Å². The molecule has 0 aromatic rings. The highest BCUT2D eigenvalue weighted by Crippen LogP contribution is 1.86. The molecule has 0 spiro atoms. The van der Waals surface area contributed by atoms with E-state index >= 15 is 0 Å². The van der Waals surface area contributed by atoms with Gasteiger partial charge in [0.25, 0.3) is 0 Å². The van der Waals surface area contributed by atoms with Crippen LogP contribution in [0.1, 0.15) is 27.2 Å². The van der Waals surface area contributed by atoms with Crippen LogP contribution in [-0.4, -0.2) is 43.0 Å². The first kappa shape index (κ1) is 13.7. The van der Waals surface area contributed by atoms with Crippen LogP contribution in [0.4, 0.5) is 4.79 Å². The Bertz CT molecular complexity index is 217. The number of hydrogen-bond acceptors (Lipinski definition) is 2. The molecule has 3 amide bonds. The van der Waals surface area contributed by atoms with Gasteiger partial charge in [-0.3, -0.25) is 4.79 Å². The summed E-state index contributed by atoms with van der Waals surface area (Å²) in [5.74, 6) is -0.140. The number of carbonyl (C=O) groups is 2. The molecule has 0 unspecified atom stereocenters. The molecule has 0 saturated heterocycles. The molecule has 0 atom stereocenters. The number of hydrogen-bond donors (Lipinski definition) is 2. The molecule has 0 aromatic carbocycles. The van der Waals surface area contributed by atoms with Gasteiger partial charge in [-0.15, -0.1) is 0 Å². The van der Waals surface area contributed by atoms with Gasteiger partial charge in [0.15, 0.2) is 0 Å². The highest BCUT2D eigenvalue weighted by atomic mass is 16.2. The zero-order valence-corrected chi connectivity index (χ0v) is 9.96. The van der Waals surface area contributed by atoms with E-state index in [-0.39, 0.29) is 24.5 Å². The van der Waals surface area contributed by atoms with E-state index in [1.54, 1.807) is 7.05 Å². The van der Waals surface area contributed by atoms with Gasteiger partial charge in [-0.25, -0.2) is 4.79 Å². The van der Waals surface area contributed by atoms with Crippen LogP contribution in [0.15, 0.2) is 0 Å². The second-order valence-electron chi connectivity index (χ2n) is 3.81. The Morgan fingerprint density at radius 1 is 1.33 bits per heavy atom. The maximum Gasteiger partial charge on any atom is 0.317 e. The normalized spacial score (nSPS) is 9.93. The highest BCUT2D eigenvalue weighted by molar-refractivity contribution is 5.83. The van der Waals surface area contributed by atoms with Gasteiger partial charge >= 0.3 is 6.03 Å². The molecule has 0 aliphatic rings. The summed E-state index contributed by atoms with van der Waals surface area (Å²) in [6.45, 7) is 6.47. The number of amides is 3. The number of urea groups is 1. The average molecular weight is 215 g/mol. The van der Waals surface area contributed by atoms with Gasteiger partial charge < -0.3 is 15.5 Å². The van der Waals surface area contributed by atoms with Crippen LogP contribution in [0.25, 0.3) is 0 Å². The van der Waals surface area contributed by atoms with E-state index in [1.807, 2.05) is 20.8 Å². The van der Waals surface area contributed by atoms with E-state index in [9.17, 15) is 9.59 Å². The molecule has 0 saturated carbocycles. The molecule has 0 aromatic heterocycles. The van der Waals surface area contributed by atoms with E-state index in [4.69, 9.17) is 0 Å². The third-order valence-corrected chi connectivity index (χ3v) is 1.70. The van der Waals surface area contributed by atoms with Crippen molar-refractivity contribution in [1.29, 1.82) is 0 Å². The fourth-order valence-corrected chi connectivity index (χ4v) is 1.02. The number of nitrogens with zero attached hydrogens (tertiary/aromatic N) is 1. The van der Waals surface area contributed by atoms with Crippen molar-refractivity contribution >= 4 is 11.9 Å². The van der Waals surface area contributed by atoms with Gasteiger partial charge in [0, 0.05) is 19.6 Å². The van der Waals surface area contributed by atoms with E-state index in [0.29, 0.717) is 6.54 Å². The van der Waals surface area contributed by atoms with Gasteiger partial charge in [0.05, 0.1) is 0 Å². The van der Waals surface area contributed by atoms with E-state index in [2.05, 4.69) is 10.6 Å². The second kappa shape index (κ2) is 7.09. The molecule has 0 bridgehead atoms. The lowest BCUT2D eigenvalue weighted by atomic mass is 10.4. The van der Waals surface area contributed by atoms with E-state index in [0.717, 1.165) is 6.42 Å². The lowest BCUT2D eigenvalue weighted by Gasteiger charge is -2.18. The fraction of sp³-hybridized carbons (Fsp3) is 0.800. The first-order valence-corrected chi connectivity index (χ1v) is 5.25. The largest absolute Gasteiger partial charge is 0.352 e. The Morgan fingerprint density at radius 3 is 2.40 bits per heavy atom. The predicted molar refractivity (Wildman–Crippen MR) is 59.6 cm³/mol. The van der Waals surface area contributed by atoms with Gasteiger partial charge in [-0.1, -0.05) is 6.92 Å². The summed E-state index contributed by atoms with van der Waals surface area (Å²) in [6.07, 6.45) is 0.887. The summed E-state index contributed by atoms with van der Waals surface area (Å²) in [6, 6.07) is -0.111. The summed E-state index contributed by atoms with van der Waals surface area (Å²) in [5, 5.41) is 5.42. The number of nitrogens with one attached hydrogen (secondary N) is 2. The van der Waals surface area contributed by atoms with Gasteiger partial charge in [-0.2, -0.15) is 0 Å². The highest BCUT2D eigenvalue weighted by Gasteiger charge is 2.12. The van der Waals surface area contributed by atoms with Crippen LogP contribution in [0.3, 0.4) is 0 Å². The minimum atomic E-state index is -0.212. The molecule has 0 radical (unpaired) electrons. The maximum atomic E-state index is 11.4. The van der Waals surface area contributed by atoms with Crippen LogP contribution in [-0.2, 0) is 4.79 Å².